The van der Waals surface area contributed by atoms with Gasteiger partial charge in [-0.3, -0.25) is 0 Å². The van der Waals surface area contributed by atoms with Gasteiger partial charge in [0.05, 0.1) is 22.7 Å². The molecule has 130 valence electrons. The molecule has 1 aromatic carbocycles. The van der Waals surface area contributed by atoms with Crippen molar-refractivity contribution in [2.24, 2.45) is 0 Å². The molecule has 2 heterocycles. The molecule has 0 saturated carbocycles. The highest BCUT2D eigenvalue weighted by Crippen LogP contribution is 2.26. The quantitative estimate of drug-likeness (QED) is 0.835. The van der Waals surface area contributed by atoms with E-state index in [-0.39, 0.29) is 0 Å². The van der Waals surface area contributed by atoms with Crippen LogP contribution < -0.4 is 5.32 Å². The maximum absolute atomic E-state index is 10.6. The molecule has 5 nitrogen and oxygen atoms in total. The highest BCUT2D eigenvalue weighted by atomic mass is 35.5. The van der Waals surface area contributed by atoms with Crippen LogP contribution in [0.4, 0.5) is 13.2 Å². The number of carboxylic acid groups (broad SMARTS) is 1. The number of carbonyl (C=O) groups is 1. The maximum Gasteiger partial charge on any atom is 0.490 e. The van der Waals surface area contributed by atoms with E-state index in [2.05, 4.69) is 10.3 Å². The fourth-order valence-electron chi connectivity index (χ4n) is 1.87. The summed E-state index contributed by atoms with van der Waals surface area (Å²) >= 11 is 12.0. The highest BCUT2D eigenvalue weighted by molar-refractivity contribution is 6.35. The summed E-state index contributed by atoms with van der Waals surface area (Å²) in [5, 5.41) is 11.6. The zero-order valence-corrected chi connectivity index (χ0v) is 13.5. The minimum Gasteiger partial charge on any atom is -0.475 e. The lowest BCUT2D eigenvalue weighted by Crippen LogP contribution is -2.40. The molecule has 1 aliphatic heterocycles. The first-order valence-electron chi connectivity index (χ1n) is 6.68. The van der Waals surface area contributed by atoms with E-state index in [4.69, 9.17) is 33.1 Å². The predicted octanol–water partition coefficient (Wildman–Crippen LogP) is 3.50. The number of halogens is 5. The number of rotatable bonds is 2. The number of aliphatic carboxylic acids is 1. The zero-order valence-electron chi connectivity index (χ0n) is 12.0. The fourth-order valence-corrected chi connectivity index (χ4v) is 2.38. The number of alkyl halides is 3. The lowest BCUT2D eigenvalue weighted by molar-refractivity contribution is -0.192. The van der Waals surface area contributed by atoms with E-state index in [1.165, 1.54) is 0 Å². The van der Waals surface area contributed by atoms with Gasteiger partial charge >= 0.3 is 12.1 Å². The van der Waals surface area contributed by atoms with Crippen molar-refractivity contribution in [2.75, 3.05) is 13.1 Å². The largest absolute Gasteiger partial charge is 0.490 e. The number of nitrogens with one attached hydrogen (secondary N) is 1. The van der Waals surface area contributed by atoms with Crippen LogP contribution in [0.3, 0.4) is 0 Å². The Balaban J connectivity index is 0.000000256. The first-order valence-corrected chi connectivity index (χ1v) is 7.44. The minimum absolute atomic E-state index is 0.530. The number of hydrogen-bond donors (Lipinski definition) is 2. The van der Waals surface area contributed by atoms with Gasteiger partial charge in [-0.05, 0) is 18.2 Å². The van der Waals surface area contributed by atoms with Crippen LogP contribution in [0.1, 0.15) is 11.6 Å². The lowest BCUT2D eigenvalue weighted by atomic mass is 10.0. The SMILES string of the molecule is Clc1ccc(-n2cnc(C3CNC3)c2)c(Cl)c1.O=C(O)C(F)(F)F. The molecule has 0 unspecified atom stereocenters. The molecule has 2 aromatic rings. The van der Waals surface area contributed by atoms with Crippen LogP contribution in [-0.4, -0.2) is 39.9 Å². The normalized spacial score (nSPS) is 14.5. The van der Waals surface area contributed by atoms with Crippen LogP contribution in [0.25, 0.3) is 5.69 Å². The number of imidazole rings is 1. The summed E-state index contributed by atoms with van der Waals surface area (Å²) in [5.74, 6) is -2.23. The lowest BCUT2D eigenvalue weighted by Gasteiger charge is -2.25. The third-order valence-electron chi connectivity index (χ3n) is 3.23. The summed E-state index contributed by atoms with van der Waals surface area (Å²) in [6, 6.07) is 5.46. The second kappa shape index (κ2) is 7.42. The third-order valence-corrected chi connectivity index (χ3v) is 3.77. The van der Waals surface area contributed by atoms with E-state index in [1.807, 2.05) is 22.9 Å². The Bertz CT molecular complexity index is 730. The molecule has 1 fully saturated rings. The van der Waals surface area contributed by atoms with Crippen LogP contribution >= 0.6 is 23.2 Å². The molecule has 0 radical (unpaired) electrons. The zero-order chi connectivity index (χ0) is 17.9. The van der Waals surface area contributed by atoms with Crippen LogP contribution in [0.15, 0.2) is 30.7 Å². The highest BCUT2D eigenvalue weighted by Gasteiger charge is 2.38. The Labute approximate surface area is 145 Å². The van der Waals surface area contributed by atoms with Gasteiger partial charge in [0, 0.05) is 30.2 Å². The van der Waals surface area contributed by atoms with E-state index in [1.54, 1.807) is 12.4 Å². The summed E-state index contributed by atoms with van der Waals surface area (Å²) in [5.41, 5.74) is 2.01. The van der Waals surface area contributed by atoms with E-state index in [0.717, 1.165) is 24.5 Å². The van der Waals surface area contributed by atoms with E-state index in [9.17, 15) is 13.2 Å². The van der Waals surface area contributed by atoms with Gasteiger partial charge in [-0.15, -0.1) is 0 Å². The van der Waals surface area contributed by atoms with Gasteiger partial charge in [0.2, 0.25) is 0 Å². The average Bonchev–Trinajstić information content (AvgIpc) is 2.85. The molecule has 1 aliphatic rings. The van der Waals surface area contributed by atoms with Gasteiger partial charge in [0.1, 0.15) is 0 Å². The Morgan fingerprint density at radius 1 is 1.33 bits per heavy atom. The molecule has 0 aliphatic carbocycles. The van der Waals surface area contributed by atoms with Gasteiger partial charge in [-0.1, -0.05) is 23.2 Å². The number of hydrogen-bond acceptors (Lipinski definition) is 3. The average molecular weight is 382 g/mol. The number of aromatic nitrogens is 2. The molecular weight excluding hydrogens is 370 g/mol. The first kappa shape index (κ1) is 18.6. The summed E-state index contributed by atoms with van der Waals surface area (Å²) in [7, 11) is 0. The molecule has 0 amide bonds. The van der Waals surface area contributed by atoms with E-state index in [0.29, 0.717) is 16.0 Å². The summed E-state index contributed by atoms with van der Waals surface area (Å²) in [6.07, 6.45) is -1.26. The number of carboxylic acids is 1. The molecular formula is C14H12Cl2F3N3O2. The minimum atomic E-state index is -5.08. The van der Waals surface area contributed by atoms with Crippen molar-refractivity contribution in [3.05, 3.63) is 46.5 Å². The van der Waals surface area contributed by atoms with Crippen molar-refractivity contribution in [2.45, 2.75) is 12.1 Å². The fraction of sp³-hybridized carbons (Fsp3) is 0.286. The van der Waals surface area contributed by atoms with Gasteiger partial charge in [0.25, 0.3) is 0 Å². The van der Waals surface area contributed by atoms with Crippen LogP contribution in [0, 0.1) is 0 Å². The van der Waals surface area contributed by atoms with Crippen molar-refractivity contribution in [3.63, 3.8) is 0 Å². The van der Waals surface area contributed by atoms with Gasteiger partial charge < -0.3 is 15.0 Å². The topological polar surface area (TPSA) is 67.2 Å². The van der Waals surface area contributed by atoms with Gasteiger partial charge in [0.15, 0.2) is 0 Å². The molecule has 3 rings (SSSR count). The molecule has 1 saturated heterocycles. The van der Waals surface area contributed by atoms with Crippen LogP contribution in [0.5, 0.6) is 0 Å². The third kappa shape index (κ3) is 4.62. The van der Waals surface area contributed by atoms with Gasteiger partial charge in [-0.2, -0.15) is 13.2 Å². The van der Waals surface area contributed by atoms with Crippen molar-refractivity contribution in [3.8, 4) is 5.69 Å². The van der Waals surface area contributed by atoms with E-state index >= 15 is 0 Å². The molecule has 24 heavy (non-hydrogen) atoms. The van der Waals surface area contributed by atoms with Crippen LogP contribution in [-0.2, 0) is 4.79 Å². The molecule has 0 atom stereocenters. The molecule has 2 N–H and O–H groups in total. The smallest absolute Gasteiger partial charge is 0.475 e. The summed E-state index contributed by atoms with van der Waals surface area (Å²) in [6.45, 7) is 2.01. The Morgan fingerprint density at radius 2 is 1.96 bits per heavy atom. The second-order valence-electron chi connectivity index (χ2n) is 4.96. The Morgan fingerprint density at radius 3 is 2.42 bits per heavy atom. The maximum atomic E-state index is 10.6. The molecule has 1 aromatic heterocycles. The van der Waals surface area contributed by atoms with Crippen LogP contribution in [0.2, 0.25) is 10.0 Å². The van der Waals surface area contributed by atoms with Crippen molar-refractivity contribution < 1.29 is 23.1 Å². The monoisotopic (exact) mass is 381 g/mol. The van der Waals surface area contributed by atoms with E-state index < -0.39 is 12.1 Å². The number of benzene rings is 1. The van der Waals surface area contributed by atoms with Crippen molar-refractivity contribution >= 4 is 29.2 Å². The Hall–Kier alpha value is -1.77. The standard InChI is InChI=1S/C12H11Cl2N3.C2HF3O2/c13-9-1-2-12(10(14)3-9)17-6-11(16-7-17)8-4-15-5-8;3-2(4,5)1(6)7/h1-3,6-8,15H,4-5H2;(H,6,7). The molecule has 10 heteroatoms. The predicted molar refractivity (Wildman–Crippen MR) is 82.9 cm³/mol. The van der Waals surface area contributed by atoms with Gasteiger partial charge in [-0.25, -0.2) is 9.78 Å². The Kier molecular flexibility index (Phi) is 5.74. The summed E-state index contributed by atoms with van der Waals surface area (Å²) < 4.78 is 33.7. The first-order chi connectivity index (χ1) is 11.2. The second-order valence-corrected chi connectivity index (χ2v) is 5.80. The summed E-state index contributed by atoms with van der Waals surface area (Å²) in [4.78, 5) is 13.3. The van der Waals surface area contributed by atoms with Crippen molar-refractivity contribution in [1.82, 2.24) is 14.9 Å². The molecule has 0 bridgehead atoms. The molecule has 0 spiro atoms. The van der Waals surface area contributed by atoms with Crippen molar-refractivity contribution in [1.29, 1.82) is 0 Å². The number of nitrogens with zero attached hydrogens (tertiary/aromatic N) is 2.